The average molecular weight is 391 g/mol. The van der Waals surface area contributed by atoms with Crippen molar-refractivity contribution in [2.45, 2.75) is 51.9 Å². The lowest BCUT2D eigenvalue weighted by atomic mass is 9.95. The highest BCUT2D eigenvalue weighted by Gasteiger charge is 2.22. The molecule has 146 valence electrons. The van der Waals surface area contributed by atoms with Crippen LogP contribution >= 0.6 is 11.3 Å². The van der Waals surface area contributed by atoms with Gasteiger partial charge in [-0.25, -0.2) is 9.78 Å². The summed E-state index contributed by atoms with van der Waals surface area (Å²) >= 11 is 1.64. The van der Waals surface area contributed by atoms with Gasteiger partial charge in [-0.3, -0.25) is 4.79 Å². The number of nitrogens with one attached hydrogen (secondary N) is 1. The molecule has 6 nitrogen and oxygen atoms in total. The van der Waals surface area contributed by atoms with Crippen molar-refractivity contribution in [2.75, 3.05) is 19.8 Å². The minimum Gasteiger partial charge on any atom is -0.427 e. The number of carbonyl (C=O) groups excluding carboxylic acids is 1. The molecule has 1 aliphatic rings. The van der Waals surface area contributed by atoms with Crippen molar-refractivity contribution in [3.63, 3.8) is 0 Å². The second kappa shape index (κ2) is 8.80. The molecule has 0 atom stereocenters. The van der Waals surface area contributed by atoms with Gasteiger partial charge in [0.25, 0.3) is 5.91 Å². The lowest BCUT2D eigenvalue weighted by molar-refractivity contribution is 0.0795. The third kappa shape index (κ3) is 4.84. The Morgan fingerprint density at radius 2 is 2.11 bits per heavy atom. The van der Waals surface area contributed by atoms with E-state index in [1.807, 2.05) is 11.4 Å². The lowest BCUT2D eigenvalue weighted by Gasteiger charge is -2.21. The summed E-state index contributed by atoms with van der Waals surface area (Å²) in [6.45, 7) is 7.77. The van der Waals surface area contributed by atoms with Gasteiger partial charge in [-0.05, 0) is 31.4 Å². The van der Waals surface area contributed by atoms with Crippen LogP contribution in [0.1, 0.15) is 70.9 Å². The number of ether oxygens (including phenoxy) is 1. The summed E-state index contributed by atoms with van der Waals surface area (Å²) in [6, 6.07) is 1.82. The Morgan fingerprint density at radius 3 is 2.74 bits per heavy atom. The van der Waals surface area contributed by atoms with Crippen molar-refractivity contribution in [3.8, 4) is 0 Å². The normalized spacial score (nSPS) is 15.3. The van der Waals surface area contributed by atoms with E-state index in [4.69, 9.17) is 9.15 Å². The van der Waals surface area contributed by atoms with Gasteiger partial charge in [-0.1, -0.05) is 13.8 Å². The Kier molecular flexibility index (Phi) is 6.44. The zero-order valence-corrected chi connectivity index (χ0v) is 16.9. The van der Waals surface area contributed by atoms with Crippen LogP contribution in [0.25, 0.3) is 0 Å². The highest BCUT2D eigenvalue weighted by atomic mass is 32.1. The number of rotatable bonds is 6. The topological polar surface area (TPSA) is 81.4 Å². The Labute approximate surface area is 163 Å². The molecule has 0 spiro atoms. The Hall–Kier alpha value is -1.99. The van der Waals surface area contributed by atoms with Gasteiger partial charge in [-0.2, -0.15) is 0 Å². The zero-order chi connectivity index (χ0) is 19.4. The Morgan fingerprint density at radius 1 is 1.37 bits per heavy atom. The number of nitrogens with zero attached hydrogens (tertiary/aromatic N) is 1. The molecule has 0 aliphatic carbocycles. The number of carbonyl (C=O) groups is 1. The summed E-state index contributed by atoms with van der Waals surface area (Å²) in [5.41, 5.74) is 1.14. The number of thiazole rings is 1. The standard InChI is InChI=1S/C20H26N2O4S/c1-12(2)19-22-15(11-27-19)4-7-21-18(23)17-13(3)10-16(26-20(17)24)14-5-8-25-9-6-14/h10-12,14H,4-9H2,1-3H3,(H,21,23). The maximum absolute atomic E-state index is 12.5. The molecule has 3 heterocycles. The molecule has 0 unspecified atom stereocenters. The minimum absolute atomic E-state index is 0.0898. The van der Waals surface area contributed by atoms with E-state index in [1.54, 1.807) is 18.3 Å². The van der Waals surface area contributed by atoms with Crippen molar-refractivity contribution >= 4 is 17.2 Å². The maximum atomic E-state index is 12.5. The Bertz CT molecular complexity index is 850. The van der Waals surface area contributed by atoms with Gasteiger partial charge < -0.3 is 14.5 Å². The second-order valence-electron chi connectivity index (χ2n) is 7.22. The summed E-state index contributed by atoms with van der Waals surface area (Å²) in [5.74, 6) is 0.849. The van der Waals surface area contributed by atoms with Gasteiger partial charge >= 0.3 is 5.63 Å². The maximum Gasteiger partial charge on any atom is 0.349 e. The molecule has 0 bridgehead atoms. The Balaban J connectivity index is 1.62. The first-order chi connectivity index (χ1) is 13.0. The molecule has 2 aromatic rings. The van der Waals surface area contributed by atoms with Gasteiger partial charge in [0, 0.05) is 43.4 Å². The fourth-order valence-corrected chi connectivity index (χ4v) is 4.05. The van der Waals surface area contributed by atoms with Crippen molar-refractivity contribution in [2.24, 2.45) is 0 Å². The van der Waals surface area contributed by atoms with Gasteiger partial charge in [0.1, 0.15) is 11.3 Å². The van der Waals surface area contributed by atoms with Gasteiger partial charge in [-0.15, -0.1) is 11.3 Å². The van der Waals surface area contributed by atoms with Crippen LogP contribution in [0.3, 0.4) is 0 Å². The first kappa shape index (κ1) is 19.8. The third-order valence-corrected chi connectivity index (χ3v) is 5.94. The molecule has 3 rings (SSSR count). The average Bonchev–Trinajstić information content (AvgIpc) is 3.11. The van der Waals surface area contributed by atoms with Gasteiger partial charge in [0.05, 0.1) is 10.7 Å². The van der Waals surface area contributed by atoms with Crippen LogP contribution in [0.4, 0.5) is 0 Å². The molecule has 1 saturated heterocycles. The highest BCUT2D eigenvalue weighted by molar-refractivity contribution is 7.09. The first-order valence-corrected chi connectivity index (χ1v) is 10.3. The lowest BCUT2D eigenvalue weighted by Crippen LogP contribution is -2.31. The van der Waals surface area contributed by atoms with E-state index in [9.17, 15) is 9.59 Å². The van der Waals surface area contributed by atoms with Crippen molar-refractivity contribution in [1.82, 2.24) is 10.3 Å². The largest absolute Gasteiger partial charge is 0.427 e. The summed E-state index contributed by atoms with van der Waals surface area (Å²) in [6.07, 6.45) is 2.30. The molecule has 1 N–H and O–H groups in total. The van der Waals surface area contributed by atoms with Crippen LogP contribution in [0, 0.1) is 6.92 Å². The molecular formula is C20H26N2O4S. The number of aryl methyl sites for hydroxylation is 1. The van der Waals surface area contributed by atoms with E-state index in [2.05, 4.69) is 24.1 Å². The first-order valence-electron chi connectivity index (χ1n) is 9.40. The summed E-state index contributed by atoms with van der Waals surface area (Å²) < 4.78 is 10.8. The quantitative estimate of drug-likeness (QED) is 0.818. The van der Waals surface area contributed by atoms with E-state index in [-0.39, 0.29) is 17.4 Å². The molecule has 27 heavy (non-hydrogen) atoms. The summed E-state index contributed by atoms with van der Waals surface area (Å²) in [4.78, 5) is 29.4. The molecule has 0 aromatic carbocycles. The molecule has 1 amide bonds. The number of amides is 1. The fourth-order valence-electron chi connectivity index (χ4n) is 3.18. The number of hydrogen-bond acceptors (Lipinski definition) is 6. The van der Waals surface area contributed by atoms with Crippen LogP contribution in [-0.4, -0.2) is 30.6 Å². The molecular weight excluding hydrogens is 364 g/mol. The van der Waals surface area contributed by atoms with Crippen LogP contribution in [-0.2, 0) is 11.2 Å². The summed E-state index contributed by atoms with van der Waals surface area (Å²) in [5, 5.41) is 5.92. The van der Waals surface area contributed by atoms with E-state index >= 15 is 0 Å². The van der Waals surface area contributed by atoms with Crippen molar-refractivity contribution in [1.29, 1.82) is 0 Å². The fraction of sp³-hybridized carbons (Fsp3) is 0.550. The van der Waals surface area contributed by atoms with Gasteiger partial charge in [0.2, 0.25) is 0 Å². The van der Waals surface area contributed by atoms with E-state index in [1.165, 1.54) is 0 Å². The van der Waals surface area contributed by atoms with Crippen molar-refractivity contribution in [3.05, 3.63) is 49.5 Å². The minimum atomic E-state index is -0.565. The van der Waals surface area contributed by atoms with Crippen LogP contribution < -0.4 is 10.9 Å². The van der Waals surface area contributed by atoms with E-state index < -0.39 is 5.63 Å². The van der Waals surface area contributed by atoms with Crippen LogP contribution in [0.2, 0.25) is 0 Å². The second-order valence-corrected chi connectivity index (χ2v) is 8.11. The number of hydrogen-bond donors (Lipinski definition) is 1. The van der Waals surface area contributed by atoms with Crippen molar-refractivity contribution < 1.29 is 13.9 Å². The monoisotopic (exact) mass is 390 g/mol. The van der Waals surface area contributed by atoms with Crippen LogP contribution in [0.5, 0.6) is 0 Å². The predicted molar refractivity (Wildman–Crippen MR) is 105 cm³/mol. The van der Waals surface area contributed by atoms with E-state index in [0.29, 0.717) is 43.4 Å². The SMILES string of the molecule is Cc1cc(C2CCOCC2)oc(=O)c1C(=O)NCCc1csc(C(C)C)n1. The molecule has 1 fully saturated rings. The van der Waals surface area contributed by atoms with E-state index in [0.717, 1.165) is 23.5 Å². The zero-order valence-electron chi connectivity index (χ0n) is 16.0. The molecule has 0 saturated carbocycles. The predicted octanol–water partition coefficient (Wildman–Crippen LogP) is 3.39. The van der Waals surface area contributed by atoms with Gasteiger partial charge in [0.15, 0.2) is 0 Å². The third-order valence-electron chi connectivity index (χ3n) is 4.75. The smallest absolute Gasteiger partial charge is 0.349 e. The number of aromatic nitrogens is 1. The summed E-state index contributed by atoms with van der Waals surface area (Å²) in [7, 11) is 0. The molecule has 2 aromatic heterocycles. The molecule has 1 aliphatic heterocycles. The molecule has 7 heteroatoms. The van der Waals surface area contributed by atoms with Crippen LogP contribution in [0.15, 0.2) is 20.7 Å². The highest BCUT2D eigenvalue weighted by Crippen LogP contribution is 2.27. The molecule has 0 radical (unpaired) electrons.